The summed E-state index contributed by atoms with van der Waals surface area (Å²) in [4.78, 5) is 12.3. The molecule has 134 valence electrons. The van der Waals surface area contributed by atoms with Crippen molar-refractivity contribution in [1.29, 1.82) is 0 Å². The zero-order chi connectivity index (χ0) is 18.6. The Bertz CT molecular complexity index is 864. The first-order valence-electron chi connectivity index (χ1n) is 7.93. The van der Waals surface area contributed by atoms with Crippen molar-refractivity contribution in [3.05, 3.63) is 58.6 Å². The van der Waals surface area contributed by atoms with Crippen LogP contribution in [0.5, 0.6) is 0 Å². The van der Waals surface area contributed by atoms with Crippen LogP contribution in [-0.4, -0.2) is 20.4 Å². The molecule has 2 aromatic rings. The fraction of sp³-hybridized carbons (Fsp3) is 0.278. The highest BCUT2D eigenvalue weighted by molar-refractivity contribution is 7.92. The maximum absolute atomic E-state index is 12.4. The van der Waals surface area contributed by atoms with Gasteiger partial charge < -0.3 is 5.32 Å². The molecule has 0 spiro atoms. The maximum atomic E-state index is 12.4. The minimum absolute atomic E-state index is 0.0308. The van der Waals surface area contributed by atoms with Gasteiger partial charge in [0.1, 0.15) is 0 Å². The SMILES string of the molecule is CC[C@H](C)NC(=O)c1ccc(NS(=O)(=O)c2ccc(C)cc2)cc1Cl. The summed E-state index contributed by atoms with van der Waals surface area (Å²) in [6, 6.07) is 11.0. The predicted octanol–water partition coefficient (Wildman–Crippen LogP) is 3.98. The molecule has 2 rings (SSSR count). The number of hydrogen-bond donors (Lipinski definition) is 2. The molecule has 2 aromatic carbocycles. The first kappa shape index (κ1) is 19.3. The summed E-state index contributed by atoms with van der Waals surface area (Å²) in [6.45, 7) is 5.75. The van der Waals surface area contributed by atoms with Gasteiger partial charge in [-0.05, 0) is 50.6 Å². The van der Waals surface area contributed by atoms with Gasteiger partial charge in [-0.2, -0.15) is 0 Å². The second kappa shape index (κ2) is 7.89. The second-order valence-electron chi connectivity index (χ2n) is 5.90. The number of amides is 1. The van der Waals surface area contributed by atoms with Crippen LogP contribution in [-0.2, 0) is 10.0 Å². The Kier molecular flexibility index (Phi) is 6.08. The Hall–Kier alpha value is -2.05. The molecule has 0 unspecified atom stereocenters. The zero-order valence-corrected chi connectivity index (χ0v) is 15.9. The van der Waals surface area contributed by atoms with E-state index in [-0.39, 0.29) is 21.9 Å². The number of nitrogens with one attached hydrogen (secondary N) is 2. The van der Waals surface area contributed by atoms with Gasteiger partial charge in [-0.15, -0.1) is 0 Å². The van der Waals surface area contributed by atoms with Crippen LogP contribution in [0.15, 0.2) is 47.4 Å². The second-order valence-corrected chi connectivity index (χ2v) is 7.99. The highest BCUT2D eigenvalue weighted by atomic mass is 35.5. The van der Waals surface area contributed by atoms with Crippen molar-refractivity contribution in [1.82, 2.24) is 5.32 Å². The lowest BCUT2D eigenvalue weighted by atomic mass is 10.1. The Labute approximate surface area is 153 Å². The summed E-state index contributed by atoms with van der Waals surface area (Å²) in [5.41, 5.74) is 1.57. The van der Waals surface area contributed by atoms with Crippen molar-refractivity contribution in [3.8, 4) is 0 Å². The van der Waals surface area contributed by atoms with Gasteiger partial charge in [0.05, 0.1) is 21.2 Å². The normalized spacial score (nSPS) is 12.5. The Morgan fingerprint density at radius 1 is 1.16 bits per heavy atom. The van der Waals surface area contributed by atoms with Gasteiger partial charge >= 0.3 is 0 Å². The lowest BCUT2D eigenvalue weighted by molar-refractivity contribution is 0.0939. The Balaban J connectivity index is 2.20. The van der Waals surface area contributed by atoms with Crippen molar-refractivity contribution in [3.63, 3.8) is 0 Å². The van der Waals surface area contributed by atoms with Crippen molar-refractivity contribution >= 4 is 33.2 Å². The minimum Gasteiger partial charge on any atom is -0.350 e. The molecule has 0 saturated carbocycles. The molecule has 7 heteroatoms. The number of anilines is 1. The van der Waals surface area contributed by atoms with Crippen LogP contribution in [0.2, 0.25) is 5.02 Å². The van der Waals surface area contributed by atoms with E-state index in [2.05, 4.69) is 10.0 Å². The van der Waals surface area contributed by atoms with Crippen LogP contribution in [0.3, 0.4) is 0 Å². The van der Waals surface area contributed by atoms with E-state index in [1.54, 1.807) is 12.1 Å². The molecule has 25 heavy (non-hydrogen) atoms. The van der Waals surface area contributed by atoms with Crippen molar-refractivity contribution in [2.75, 3.05) is 4.72 Å². The number of rotatable bonds is 6. The van der Waals surface area contributed by atoms with Crippen molar-refractivity contribution in [2.45, 2.75) is 38.1 Å². The van der Waals surface area contributed by atoms with Gasteiger partial charge in [-0.25, -0.2) is 8.42 Å². The summed E-state index contributed by atoms with van der Waals surface area (Å²) >= 11 is 6.15. The third kappa shape index (κ3) is 4.96. The fourth-order valence-corrected chi connectivity index (χ4v) is 3.41. The van der Waals surface area contributed by atoms with Gasteiger partial charge in [-0.1, -0.05) is 36.2 Å². The summed E-state index contributed by atoms with van der Waals surface area (Å²) < 4.78 is 27.3. The van der Waals surface area contributed by atoms with E-state index in [4.69, 9.17) is 11.6 Å². The number of benzene rings is 2. The van der Waals surface area contributed by atoms with E-state index in [0.29, 0.717) is 11.3 Å². The number of sulfonamides is 1. The van der Waals surface area contributed by atoms with Gasteiger partial charge in [0, 0.05) is 6.04 Å². The van der Waals surface area contributed by atoms with Crippen LogP contribution < -0.4 is 10.0 Å². The van der Waals surface area contributed by atoms with Crippen LogP contribution in [0.25, 0.3) is 0 Å². The van der Waals surface area contributed by atoms with E-state index >= 15 is 0 Å². The maximum Gasteiger partial charge on any atom is 0.261 e. The zero-order valence-electron chi connectivity index (χ0n) is 14.3. The van der Waals surface area contributed by atoms with Crippen LogP contribution in [0, 0.1) is 6.92 Å². The minimum atomic E-state index is -3.71. The van der Waals surface area contributed by atoms with Gasteiger partial charge in [0.15, 0.2) is 0 Å². The smallest absolute Gasteiger partial charge is 0.261 e. The van der Waals surface area contributed by atoms with E-state index in [1.165, 1.54) is 30.3 Å². The number of hydrogen-bond acceptors (Lipinski definition) is 3. The first-order chi connectivity index (χ1) is 11.7. The van der Waals surface area contributed by atoms with Crippen LogP contribution in [0.1, 0.15) is 36.2 Å². The number of aryl methyl sites for hydroxylation is 1. The third-order valence-corrected chi connectivity index (χ3v) is 5.50. The van der Waals surface area contributed by atoms with E-state index in [0.717, 1.165) is 12.0 Å². The van der Waals surface area contributed by atoms with Crippen LogP contribution in [0.4, 0.5) is 5.69 Å². The molecule has 0 aliphatic heterocycles. The molecule has 1 amide bonds. The summed E-state index contributed by atoms with van der Waals surface area (Å²) in [5.74, 6) is -0.285. The predicted molar refractivity (Wildman–Crippen MR) is 101 cm³/mol. The molecule has 1 atom stereocenters. The molecule has 2 N–H and O–H groups in total. The van der Waals surface area contributed by atoms with Crippen molar-refractivity contribution < 1.29 is 13.2 Å². The number of carbonyl (C=O) groups is 1. The first-order valence-corrected chi connectivity index (χ1v) is 9.79. The molecule has 5 nitrogen and oxygen atoms in total. The van der Waals surface area contributed by atoms with Gasteiger partial charge in [0.25, 0.3) is 15.9 Å². The van der Waals surface area contributed by atoms with Gasteiger partial charge in [-0.3, -0.25) is 9.52 Å². The molecule has 0 aromatic heterocycles. The molecular weight excluding hydrogens is 360 g/mol. The summed E-state index contributed by atoms with van der Waals surface area (Å²) in [5, 5.41) is 3.01. The van der Waals surface area contributed by atoms with E-state index in [9.17, 15) is 13.2 Å². The third-order valence-electron chi connectivity index (χ3n) is 3.79. The van der Waals surface area contributed by atoms with Gasteiger partial charge in [0.2, 0.25) is 0 Å². The lowest BCUT2D eigenvalue weighted by Crippen LogP contribution is -2.32. The molecule has 0 bridgehead atoms. The summed E-state index contributed by atoms with van der Waals surface area (Å²) in [7, 11) is -3.71. The molecule has 0 aliphatic carbocycles. The highest BCUT2D eigenvalue weighted by Gasteiger charge is 2.17. The fourth-order valence-electron chi connectivity index (χ4n) is 2.10. The monoisotopic (exact) mass is 380 g/mol. The van der Waals surface area contributed by atoms with Crippen LogP contribution >= 0.6 is 11.6 Å². The van der Waals surface area contributed by atoms with E-state index in [1.807, 2.05) is 20.8 Å². The molecule has 0 aliphatic rings. The highest BCUT2D eigenvalue weighted by Crippen LogP contribution is 2.23. The van der Waals surface area contributed by atoms with Crippen molar-refractivity contribution in [2.24, 2.45) is 0 Å². The lowest BCUT2D eigenvalue weighted by Gasteiger charge is -2.13. The quantitative estimate of drug-likeness (QED) is 0.795. The Morgan fingerprint density at radius 3 is 2.36 bits per heavy atom. The Morgan fingerprint density at radius 2 is 1.80 bits per heavy atom. The standard InChI is InChI=1S/C18H21ClN2O3S/c1-4-13(3)20-18(22)16-10-7-14(11-17(16)19)21-25(23,24)15-8-5-12(2)6-9-15/h5-11,13,21H,4H2,1-3H3,(H,20,22)/t13-/m0/s1. The molecular formula is C18H21ClN2O3S. The topological polar surface area (TPSA) is 75.3 Å². The summed E-state index contributed by atoms with van der Waals surface area (Å²) in [6.07, 6.45) is 0.803. The molecule has 0 radical (unpaired) electrons. The van der Waals surface area contributed by atoms with E-state index < -0.39 is 10.0 Å². The molecule has 0 heterocycles. The number of halogens is 1. The molecule has 0 fully saturated rings. The average Bonchev–Trinajstić information content (AvgIpc) is 2.54. The molecule has 0 saturated heterocycles. The average molecular weight is 381 g/mol. The number of carbonyl (C=O) groups excluding carboxylic acids is 1. The largest absolute Gasteiger partial charge is 0.350 e.